The Hall–Kier alpha value is -2.04. The number of hydrogen-bond acceptors (Lipinski definition) is 3. The van der Waals surface area contributed by atoms with E-state index in [9.17, 15) is 14.7 Å². The van der Waals surface area contributed by atoms with E-state index in [1.807, 2.05) is 31.2 Å². The first-order valence-electron chi connectivity index (χ1n) is 6.96. The zero-order chi connectivity index (χ0) is 16.0. The fraction of sp³-hybridized carbons (Fsp3) is 0.500. The van der Waals surface area contributed by atoms with Gasteiger partial charge in [-0.25, -0.2) is 9.59 Å². The number of rotatable bonds is 5. The number of alkyl carbamates (subject to hydrolysis) is 1. The van der Waals surface area contributed by atoms with Gasteiger partial charge in [-0.05, 0) is 51.7 Å². The fourth-order valence-electron chi connectivity index (χ4n) is 1.90. The molecule has 0 fully saturated rings. The molecule has 0 bridgehead atoms. The quantitative estimate of drug-likeness (QED) is 0.875. The van der Waals surface area contributed by atoms with Crippen LogP contribution in [0, 0.1) is 6.92 Å². The third-order valence-corrected chi connectivity index (χ3v) is 2.95. The van der Waals surface area contributed by atoms with Crippen molar-refractivity contribution in [3.8, 4) is 0 Å². The Kier molecular flexibility index (Phi) is 5.76. The lowest BCUT2D eigenvalue weighted by Crippen LogP contribution is -2.43. The molecule has 0 spiro atoms. The molecule has 116 valence electrons. The van der Waals surface area contributed by atoms with E-state index in [0.717, 1.165) is 11.1 Å². The summed E-state index contributed by atoms with van der Waals surface area (Å²) in [7, 11) is 0. The number of aryl methyl sites for hydroxylation is 2. The first-order valence-corrected chi connectivity index (χ1v) is 6.96. The molecule has 0 aliphatic rings. The highest BCUT2D eigenvalue weighted by Crippen LogP contribution is 2.12. The van der Waals surface area contributed by atoms with Gasteiger partial charge in [0.2, 0.25) is 0 Å². The molecule has 1 amide bonds. The lowest BCUT2D eigenvalue weighted by atomic mass is 10.0. The number of aliphatic carboxylic acids is 1. The monoisotopic (exact) mass is 293 g/mol. The molecule has 1 aromatic carbocycles. The van der Waals surface area contributed by atoms with Crippen molar-refractivity contribution in [2.75, 3.05) is 0 Å². The molecule has 0 aliphatic carbocycles. The van der Waals surface area contributed by atoms with Crippen molar-refractivity contribution >= 4 is 12.1 Å². The maximum atomic E-state index is 11.7. The first kappa shape index (κ1) is 17.0. The maximum absolute atomic E-state index is 11.7. The Morgan fingerprint density at radius 2 is 1.90 bits per heavy atom. The molecule has 1 rings (SSSR count). The largest absolute Gasteiger partial charge is 0.480 e. The smallest absolute Gasteiger partial charge is 0.408 e. The molecule has 0 aromatic heterocycles. The van der Waals surface area contributed by atoms with Gasteiger partial charge < -0.3 is 15.2 Å². The highest BCUT2D eigenvalue weighted by molar-refractivity contribution is 5.80. The van der Waals surface area contributed by atoms with Crippen molar-refractivity contribution < 1.29 is 19.4 Å². The van der Waals surface area contributed by atoms with Crippen LogP contribution in [0.4, 0.5) is 4.79 Å². The summed E-state index contributed by atoms with van der Waals surface area (Å²) in [6.07, 6.45) is 0.193. The second-order valence-electron chi connectivity index (χ2n) is 6.00. The second kappa shape index (κ2) is 7.11. The normalized spacial score (nSPS) is 12.6. The summed E-state index contributed by atoms with van der Waals surface area (Å²) < 4.78 is 5.08. The molecular weight excluding hydrogens is 270 g/mol. The van der Waals surface area contributed by atoms with Crippen LogP contribution in [0.1, 0.15) is 38.3 Å². The number of amides is 1. The Labute approximate surface area is 125 Å². The van der Waals surface area contributed by atoms with Crippen molar-refractivity contribution in [3.63, 3.8) is 0 Å². The van der Waals surface area contributed by atoms with E-state index in [1.165, 1.54) is 0 Å². The summed E-state index contributed by atoms with van der Waals surface area (Å²) in [4.78, 5) is 22.9. The standard InChI is InChI=1S/C16H23NO4/c1-11-7-5-6-8-12(11)9-10-13(14(18)19)17-15(20)21-16(2,3)4/h5-8,13H,9-10H2,1-4H3,(H,17,20)(H,18,19)/t13-/m0/s1. The number of carboxylic acids is 1. The number of carbonyl (C=O) groups is 2. The SMILES string of the molecule is Cc1ccccc1CC[C@H](NC(=O)OC(C)(C)C)C(=O)O. The molecule has 0 aliphatic heterocycles. The summed E-state index contributed by atoms with van der Waals surface area (Å²) in [5.41, 5.74) is 1.54. The molecule has 21 heavy (non-hydrogen) atoms. The van der Waals surface area contributed by atoms with E-state index in [2.05, 4.69) is 5.32 Å². The number of carboxylic acid groups (broad SMARTS) is 1. The van der Waals surface area contributed by atoms with Crippen molar-refractivity contribution in [3.05, 3.63) is 35.4 Å². The number of nitrogens with one attached hydrogen (secondary N) is 1. The van der Waals surface area contributed by atoms with Gasteiger partial charge in [0.25, 0.3) is 0 Å². The molecule has 5 heteroatoms. The Morgan fingerprint density at radius 3 is 2.43 bits per heavy atom. The van der Waals surface area contributed by atoms with Crippen molar-refractivity contribution in [1.29, 1.82) is 0 Å². The fourth-order valence-corrected chi connectivity index (χ4v) is 1.90. The third kappa shape index (κ3) is 6.29. The van der Waals surface area contributed by atoms with Crippen LogP contribution in [-0.2, 0) is 16.0 Å². The molecule has 0 heterocycles. The van der Waals surface area contributed by atoms with E-state index in [4.69, 9.17) is 4.74 Å². The molecular formula is C16H23NO4. The molecule has 0 radical (unpaired) electrons. The molecule has 0 saturated carbocycles. The van der Waals surface area contributed by atoms with Gasteiger partial charge in [0.05, 0.1) is 0 Å². The van der Waals surface area contributed by atoms with E-state index >= 15 is 0 Å². The highest BCUT2D eigenvalue weighted by atomic mass is 16.6. The minimum Gasteiger partial charge on any atom is -0.480 e. The van der Waals surface area contributed by atoms with E-state index in [0.29, 0.717) is 12.8 Å². The predicted octanol–water partition coefficient (Wildman–Crippen LogP) is 2.91. The van der Waals surface area contributed by atoms with Crippen molar-refractivity contribution in [1.82, 2.24) is 5.32 Å². The second-order valence-corrected chi connectivity index (χ2v) is 6.00. The molecule has 1 aromatic rings. The van der Waals surface area contributed by atoms with Gasteiger partial charge in [-0.15, -0.1) is 0 Å². The van der Waals surface area contributed by atoms with Crippen molar-refractivity contribution in [2.45, 2.75) is 52.2 Å². The molecule has 2 N–H and O–H groups in total. The molecule has 0 saturated heterocycles. The van der Waals surface area contributed by atoms with Crippen LogP contribution in [-0.4, -0.2) is 28.8 Å². The van der Waals surface area contributed by atoms with Crippen LogP contribution in [0.3, 0.4) is 0 Å². The topological polar surface area (TPSA) is 75.6 Å². The lowest BCUT2D eigenvalue weighted by Gasteiger charge is -2.22. The van der Waals surface area contributed by atoms with E-state index in [-0.39, 0.29) is 0 Å². The Morgan fingerprint density at radius 1 is 1.29 bits per heavy atom. The summed E-state index contributed by atoms with van der Waals surface area (Å²) in [5.74, 6) is -1.06. The summed E-state index contributed by atoms with van der Waals surface area (Å²) in [6.45, 7) is 7.17. The predicted molar refractivity (Wildman–Crippen MR) is 80.3 cm³/mol. The van der Waals surface area contributed by atoms with Gasteiger partial charge in [0.15, 0.2) is 0 Å². The highest BCUT2D eigenvalue weighted by Gasteiger charge is 2.23. The van der Waals surface area contributed by atoms with Gasteiger partial charge in [-0.1, -0.05) is 24.3 Å². The number of benzene rings is 1. The third-order valence-electron chi connectivity index (χ3n) is 2.95. The van der Waals surface area contributed by atoms with Crippen LogP contribution >= 0.6 is 0 Å². The average Bonchev–Trinajstić information content (AvgIpc) is 2.33. The molecule has 1 atom stereocenters. The van der Waals surface area contributed by atoms with Crippen LogP contribution in [0.5, 0.6) is 0 Å². The zero-order valence-electron chi connectivity index (χ0n) is 13.0. The lowest BCUT2D eigenvalue weighted by molar-refractivity contribution is -0.139. The van der Waals surface area contributed by atoms with Crippen LogP contribution < -0.4 is 5.32 Å². The van der Waals surface area contributed by atoms with Gasteiger partial charge in [0.1, 0.15) is 11.6 Å². The zero-order valence-corrected chi connectivity index (χ0v) is 13.0. The minimum atomic E-state index is -1.06. The number of carbonyl (C=O) groups excluding carboxylic acids is 1. The van der Waals surface area contributed by atoms with Gasteiger partial charge >= 0.3 is 12.1 Å². The van der Waals surface area contributed by atoms with Gasteiger partial charge in [-0.2, -0.15) is 0 Å². The van der Waals surface area contributed by atoms with Crippen LogP contribution in [0.15, 0.2) is 24.3 Å². The van der Waals surface area contributed by atoms with Crippen LogP contribution in [0.25, 0.3) is 0 Å². The Balaban J connectivity index is 2.61. The van der Waals surface area contributed by atoms with E-state index in [1.54, 1.807) is 20.8 Å². The Bertz CT molecular complexity index is 505. The molecule has 0 unspecified atom stereocenters. The molecule has 5 nitrogen and oxygen atoms in total. The maximum Gasteiger partial charge on any atom is 0.408 e. The summed E-state index contributed by atoms with van der Waals surface area (Å²) in [5, 5.41) is 11.6. The first-order chi connectivity index (χ1) is 9.69. The number of hydrogen-bond donors (Lipinski definition) is 2. The number of ether oxygens (including phenoxy) is 1. The summed E-state index contributed by atoms with van der Waals surface area (Å²) in [6, 6.07) is 6.83. The van der Waals surface area contributed by atoms with Gasteiger partial charge in [0, 0.05) is 0 Å². The minimum absolute atomic E-state index is 0.319. The average molecular weight is 293 g/mol. The van der Waals surface area contributed by atoms with Gasteiger partial charge in [-0.3, -0.25) is 0 Å². The van der Waals surface area contributed by atoms with E-state index < -0.39 is 23.7 Å². The van der Waals surface area contributed by atoms with Crippen LogP contribution in [0.2, 0.25) is 0 Å². The summed E-state index contributed by atoms with van der Waals surface area (Å²) >= 11 is 0. The van der Waals surface area contributed by atoms with Crippen molar-refractivity contribution in [2.24, 2.45) is 0 Å².